The third-order valence-corrected chi connectivity index (χ3v) is 4.00. The minimum Gasteiger partial charge on any atom is -0.368 e. The Hall–Kier alpha value is -1.77. The first-order valence-corrected chi connectivity index (χ1v) is 8.98. The van der Waals surface area contributed by atoms with E-state index in [0.29, 0.717) is 12.8 Å². The van der Waals surface area contributed by atoms with Gasteiger partial charge in [0.25, 0.3) is 0 Å². The van der Waals surface area contributed by atoms with E-state index in [1.807, 2.05) is 36.6 Å². The zero-order valence-electron chi connectivity index (χ0n) is 14.1. The van der Waals surface area contributed by atoms with Crippen LogP contribution in [0.1, 0.15) is 12.0 Å². The van der Waals surface area contributed by atoms with Crippen LogP contribution in [0.4, 0.5) is 0 Å². The second kappa shape index (κ2) is 12.6. The lowest BCUT2D eigenvalue weighted by Gasteiger charge is -2.16. The Morgan fingerprint density at radius 3 is 2.40 bits per heavy atom. The Morgan fingerprint density at radius 2 is 1.84 bits per heavy atom. The molecule has 0 fully saturated rings. The predicted octanol–water partition coefficient (Wildman–Crippen LogP) is -0.182. The van der Waals surface area contributed by atoms with Crippen molar-refractivity contribution in [1.29, 1.82) is 0 Å². The quantitative estimate of drug-likeness (QED) is 0.442. The van der Waals surface area contributed by atoms with Gasteiger partial charge in [0.15, 0.2) is 0 Å². The van der Waals surface area contributed by atoms with Crippen molar-refractivity contribution in [3.63, 3.8) is 0 Å². The van der Waals surface area contributed by atoms with Crippen LogP contribution < -0.4 is 22.1 Å². The van der Waals surface area contributed by atoms with Crippen molar-refractivity contribution < 1.29 is 14.4 Å². The highest BCUT2D eigenvalue weighted by Crippen LogP contribution is 2.03. The molecule has 1 rings (SSSR count). The van der Waals surface area contributed by atoms with Gasteiger partial charge < -0.3 is 22.1 Å². The number of hydrogen-bond acceptors (Lipinski definition) is 5. The highest BCUT2D eigenvalue weighted by Gasteiger charge is 2.19. The third-order valence-electron chi connectivity index (χ3n) is 3.35. The molecule has 0 heterocycles. The number of benzene rings is 1. The van der Waals surface area contributed by atoms with E-state index in [9.17, 15) is 14.4 Å². The van der Waals surface area contributed by atoms with Crippen LogP contribution in [-0.2, 0) is 20.8 Å². The fourth-order valence-electron chi connectivity index (χ4n) is 1.99. The Bertz CT molecular complexity index is 560. The first kappa shape index (κ1) is 23.2. The van der Waals surface area contributed by atoms with Crippen molar-refractivity contribution in [2.75, 3.05) is 18.6 Å². The molecule has 2 atom stereocenters. The van der Waals surface area contributed by atoms with Crippen LogP contribution in [0.15, 0.2) is 30.3 Å². The van der Waals surface area contributed by atoms with Crippen LogP contribution in [0.5, 0.6) is 0 Å². The van der Waals surface area contributed by atoms with E-state index in [0.717, 1.165) is 11.3 Å². The molecule has 1 aromatic rings. The average molecular weight is 389 g/mol. The molecule has 25 heavy (non-hydrogen) atoms. The Morgan fingerprint density at radius 1 is 1.20 bits per heavy atom. The number of amides is 3. The number of carbonyl (C=O) groups excluding carboxylic acids is 3. The van der Waals surface area contributed by atoms with Gasteiger partial charge >= 0.3 is 0 Å². The van der Waals surface area contributed by atoms with E-state index >= 15 is 0 Å². The molecule has 0 saturated heterocycles. The van der Waals surface area contributed by atoms with Crippen LogP contribution in [-0.4, -0.2) is 48.4 Å². The lowest BCUT2D eigenvalue weighted by Crippen LogP contribution is -2.50. The Labute approximate surface area is 158 Å². The van der Waals surface area contributed by atoms with Gasteiger partial charge in [-0.05, 0) is 24.0 Å². The van der Waals surface area contributed by atoms with Crippen LogP contribution >= 0.6 is 24.2 Å². The second-order valence-electron chi connectivity index (χ2n) is 5.32. The molecule has 7 nitrogen and oxygen atoms in total. The van der Waals surface area contributed by atoms with E-state index in [-0.39, 0.29) is 19.0 Å². The number of rotatable bonds is 10. The number of thioether (sulfide) groups is 1. The number of halogens is 1. The molecular weight excluding hydrogens is 364 g/mol. The Balaban J connectivity index is 0.00000576. The average Bonchev–Trinajstić information content (AvgIpc) is 2.57. The van der Waals surface area contributed by atoms with Crippen LogP contribution in [0, 0.1) is 0 Å². The highest BCUT2D eigenvalue weighted by atomic mass is 35.5. The number of hydrogen-bond donors (Lipinski definition) is 4. The van der Waals surface area contributed by atoms with Gasteiger partial charge in [-0.1, -0.05) is 30.3 Å². The Kier molecular flexibility index (Phi) is 11.7. The zero-order valence-corrected chi connectivity index (χ0v) is 15.7. The van der Waals surface area contributed by atoms with Gasteiger partial charge in [-0.2, -0.15) is 11.8 Å². The lowest BCUT2D eigenvalue weighted by atomic mass is 10.1. The molecule has 6 N–H and O–H groups in total. The lowest BCUT2D eigenvalue weighted by molar-refractivity contribution is -0.129. The molecule has 0 bridgehead atoms. The van der Waals surface area contributed by atoms with Crippen molar-refractivity contribution in [3.05, 3.63) is 35.9 Å². The van der Waals surface area contributed by atoms with Crippen molar-refractivity contribution in [1.82, 2.24) is 10.6 Å². The van der Waals surface area contributed by atoms with E-state index in [4.69, 9.17) is 11.5 Å². The van der Waals surface area contributed by atoms with Crippen LogP contribution in [0.3, 0.4) is 0 Å². The van der Waals surface area contributed by atoms with Gasteiger partial charge in [0, 0.05) is 6.42 Å². The van der Waals surface area contributed by atoms with Gasteiger partial charge in [0.05, 0.1) is 12.6 Å². The summed E-state index contributed by atoms with van der Waals surface area (Å²) in [4.78, 5) is 35.2. The smallest absolute Gasteiger partial charge is 0.240 e. The van der Waals surface area contributed by atoms with E-state index in [2.05, 4.69) is 10.6 Å². The summed E-state index contributed by atoms with van der Waals surface area (Å²) in [6.45, 7) is -0.246. The first-order valence-electron chi connectivity index (χ1n) is 7.59. The first-order chi connectivity index (χ1) is 11.4. The standard InChI is InChI=1S/C16H24N4O3S.ClH/c1-24-8-7-12(17)16(23)19-10-14(21)20-13(15(18)22)9-11-5-3-2-4-6-11;/h2-6,12-13H,7-10,17H2,1H3,(H2,18,22)(H,19,23)(H,20,21);1H/t12-,13+;/m1./s1. The monoisotopic (exact) mass is 388 g/mol. The van der Waals surface area contributed by atoms with E-state index in [1.54, 1.807) is 11.8 Å². The summed E-state index contributed by atoms with van der Waals surface area (Å²) in [5.74, 6) is -0.741. The maximum Gasteiger partial charge on any atom is 0.240 e. The molecular formula is C16H25ClN4O3S. The van der Waals surface area contributed by atoms with Crippen LogP contribution in [0.25, 0.3) is 0 Å². The summed E-state index contributed by atoms with van der Waals surface area (Å²) in [5.41, 5.74) is 11.9. The van der Waals surface area contributed by atoms with Gasteiger partial charge in [-0.3, -0.25) is 14.4 Å². The molecule has 0 spiro atoms. The number of nitrogens with two attached hydrogens (primary N) is 2. The second-order valence-corrected chi connectivity index (χ2v) is 6.30. The summed E-state index contributed by atoms with van der Waals surface area (Å²) in [6, 6.07) is 7.74. The van der Waals surface area contributed by atoms with Crippen molar-refractivity contribution in [2.45, 2.75) is 24.9 Å². The molecule has 0 unspecified atom stereocenters. The van der Waals surface area contributed by atoms with Gasteiger partial charge in [0.1, 0.15) is 6.04 Å². The maximum atomic E-state index is 11.9. The maximum absolute atomic E-state index is 11.9. The highest BCUT2D eigenvalue weighted by molar-refractivity contribution is 7.98. The van der Waals surface area contributed by atoms with Crippen molar-refractivity contribution in [3.8, 4) is 0 Å². The summed E-state index contributed by atoms with van der Waals surface area (Å²) < 4.78 is 0. The summed E-state index contributed by atoms with van der Waals surface area (Å²) >= 11 is 1.59. The third kappa shape index (κ3) is 9.33. The largest absolute Gasteiger partial charge is 0.368 e. The fraction of sp³-hybridized carbons (Fsp3) is 0.438. The molecule has 0 aromatic heterocycles. The zero-order chi connectivity index (χ0) is 17.9. The summed E-state index contributed by atoms with van der Waals surface area (Å²) in [5, 5.41) is 4.99. The molecule has 0 radical (unpaired) electrons. The SMILES string of the molecule is CSCC[C@@H](N)C(=O)NCC(=O)N[C@@H](Cc1ccccc1)C(N)=O.Cl. The summed E-state index contributed by atoms with van der Waals surface area (Å²) in [6.07, 6.45) is 2.75. The van der Waals surface area contributed by atoms with Gasteiger partial charge in [-0.15, -0.1) is 12.4 Å². The number of primary amides is 1. The fourth-order valence-corrected chi connectivity index (χ4v) is 2.48. The topological polar surface area (TPSA) is 127 Å². The predicted molar refractivity (Wildman–Crippen MR) is 103 cm³/mol. The van der Waals surface area contributed by atoms with E-state index in [1.165, 1.54) is 0 Å². The van der Waals surface area contributed by atoms with Gasteiger partial charge in [0.2, 0.25) is 17.7 Å². The van der Waals surface area contributed by atoms with Crippen molar-refractivity contribution in [2.24, 2.45) is 11.5 Å². The molecule has 0 aliphatic carbocycles. The number of carbonyl (C=O) groups is 3. The van der Waals surface area contributed by atoms with Crippen molar-refractivity contribution >= 4 is 41.9 Å². The minimum atomic E-state index is -0.832. The van der Waals surface area contributed by atoms with Crippen LogP contribution in [0.2, 0.25) is 0 Å². The molecule has 1 aromatic carbocycles. The molecule has 9 heteroatoms. The normalized spacial score (nSPS) is 12.4. The van der Waals surface area contributed by atoms with E-state index < -0.39 is 29.8 Å². The molecule has 140 valence electrons. The molecule has 0 aliphatic heterocycles. The minimum absolute atomic E-state index is 0. The molecule has 0 saturated carbocycles. The molecule has 3 amide bonds. The summed E-state index contributed by atoms with van der Waals surface area (Å²) in [7, 11) is 0. The number of nitrogens with one attached hydrogen (secondary N) is 2. The molecule has 0 aliphatic rings. The van der Waals surface area contributed by atoms with Gasteiger partial charge in [-0.25, -0.2) is 0 Å².